The molecule has 0 aliphatic carbocycles. The van der Waals surface area contributed by atoms with Crippen LogP contribution in [0.2, 0.25) is 0 Å². The molecule has 0 saturated carbocycles. The largest absolute Gasteiger partial charge is 0.478 e. The molecule has 4 N–H and O–H groups in total. The molecule has 194 valence electrons. The van der Waals surface area contributed by atoms with Gasteiger partial charge in [0.15, 0.2) is 35.6 Å². The Kier molecular flexibility index (Phi) is 7.32. The lowest BCUT2D eigenvalue weighted by Gasteiger charge is -2.49. The second-order valence-corrected chi connectivity index (χ2v) is 10.9. The minimum Gasteiger partial charge on any atom is -0.478 e. The molecule has 2 aromatic heterocycles. The van der Waals surface area contributed by atoms with Crippen molar-refractivity contribution in [1.82, 2.24) is 9.88 Å². The van der Waals surface area contributed by atoms with Gasteiger partial charge in [0.1, 0.15) is 11.4 Å². The van der Waals surface area contributed by atoms with Crippen LogP contribution in [0, 0.1) is 5.92 Å². The van der Waals surface area contributed by atoms with Crippen LogP contribution in [0.3, 0.4) is 0 Å². The fourth-order valence-corrected chi connectivity index (χ4v) is 5.78. The molecule has 0 radical (unpaired) electrons. The lowest BCUT2D eigenvalue weighted by Crippen LogP contribution is -2.62. The molecule has 2 atom stereocenters. The average molecular weight is 547 g/mol. The van der Waals surface area contributed by atoms with Crippen LogP contribution in [0.4, 0.5) is 5.13 Å². The van der Waals surface area contributed by atoms with Crippen molar-refractivity contribution in [3.05, 3.63) is 52.9 Å². The third-order valence-corrected chi connectivity index (χ3v) is 7.89. The smallest absolute Gasteiger partial charge is 0.352 e. The number of hydrogen-bond acceptors (Lipinski definition) is 10. The Bertz CT molecular complexity index is 1320. The molecular weight excluding hydrogens is 522 g/mol. The summed E-state index contributed by atoms with van der Waals surface area (Å²) in [7, 11) is 0. The van der Waals surface area contributed by atoms with Gasteiger partial charge in [0.25, 0.3) is 0 Å². The van der Waals surface area contributed by atoms with Gasteiger partial charge in [-0.05, 0) is 13.8 Å². The van der Waals surface area contributed by atoms with E-state index in [2.05, 4.69) is 10.1 Å². The number of carboxylic acids is 2. The molecule has 4 heterocycles. The maximum Gasteiger partial charge on any atom is 0.352 e. The highest BCUT2D eigenvalue weighted by Crippen LogP contribution is 2.45. The minimum atomic E-state index is -1.72. The van der Waals surface area contributed by atoms with Crippen molar-refractivity contribution in [3.8, 4) is 0 Å². The van der Waals surface area contributed by atoms with E-state index in [1.807, 2.05) is 35.2 Å². The highest BCUT2D eigenvalue weighted by molar-refractivity contribution is 8.00. The van der Waals surface area contributed by atoms with Gasteiger partial charge in [-0.15, -0.1) is 23.1 Å². The van der Waals surface area contributed by atoms with Crippen LogP contribution >= 0.6 is 23.1 Å². The first-order valence-electron chi connectivity index (χ1n) is 11.1. The van der Waals surface area contributed by atoms with E-state index in [1.165, 1.54) is 35.9 Å². The number of hydrogen-bond donors (Lipinski definition) is 3. The van der Waals surface area contributed by atoms with Crippen molar-refractivity contribution >= 4 is 57.6 Å². The third-order valence-electron chi connectivity index (χ3n) is 5.82. The molecule has 12 nitrogen and oxygen atoms in total. The third kappa shape index (κ3) is 5.34. The number of Topliss-reactive ketones (excluding diaryl/α,β-unsaturated/α-hetero) is 1. The average Bonchev–Trinajstić information content (AvgIpc) is 3.28. The lowest BCUT2D eigenvalue weighted by atomic mass is 9.89. The predicted octanol–water partition coefficient (Wildman–Crippen LogP) is 1.13. The summed E-state index contributed by atoms with van der Waals surface area (Å²) >= 11 is 2.45. The van der Waals surface area contributed by atoms with Gasteiger partial charge in [-0.2, -0.15) is 0 Å². The number of carbonyl (C=O) groups is 4. The maximum absolute atomic E-state index is 13.2. The monoisotopic (exact) mass is 546 g/mol. The van der Waals surface area contributed by atoms with Crippen LogP contribution in [0.1, 0.15) is 26.0 Å². The number of anilines is 1. The summed E-state index contributed by atoms with van der Waals surface area (Å²) in [4.78, 5) is 60.2. The van der Waals surface area contributed by atoms with E-state index >= 15 is 0 Å². The molecular formula is C23H24N5O7S2+. The zero-order valence-corrected chi connectivity index (χ0v) is 21.5. The maximum atomic E-state index is 13.2. The van der Waals surface area contributed by atoms with Crippen molar-refractivity contribution in [2.24, 2.45) is 11.1 Å². The molecule has 37 heavy (non-hydrogen) atoms. The number of aromatic nitrogens is 2. The van der Waals surface area contributed by atoms with Crippen molar-refractivity contribution < 1.29 is 38.8 Å². The number of amides is 1. The first-order valence-corrected chi connectivity index (χ1v) is 13.0. The molecule has 2 aromatic rings. The lowest BCUT2D eigenvalue weighted by molar-refractivity contribution is -0.689. The molecule has 1 saturated heterocycles. The Morgan fingerprint density at radius 1 is 1.27 bits per heavy atom. The Hall–Kier alpha value is -3.78. The van der Waals surface area contributed by atoms with Crippen molar-refractivity contribution in [1.29, 1.82) is 0 Å². The summed E-state index contributed by atoms with van der Waals surface area (Å²) in [6.45, 7) is 2.86. The number of nitrogens with zero attached hydrogens (tertiary/aromatic N) is 4. The second-order valence-electron chi connectivity index (χ2n) is 8.87. The number of nitrogen functional groups attached to an aromatic ring is 1. The molecule has 2 aliphatic rings. The van der Waals surface area contributed by atoms with Gasteiger partial charge < -0.3 is 20.8 Å². The van der Waals surface area contributed by atoms with E-state index in [1.54, 1.807) is 0 Å². The number of aliphatic carboxylic acids is 2. The van der Waals surface area contributed by atoms with E-state index < -0.39 is 40.5 Å². The molecule has 0 spiro atoms. The molecule has 4 rings (SSSR count). The van der Waals surface area contributed by atoms with Crippen molar-refractivity contribution in [3.63, 3.8) is 0 Å². The Labute approximate surface area is 219 Å². The molecule has 0 aromatic carbocycles. The van der Waals surface area contributed by atoms with Crippen molar-refractivity contribution in [2.45, 2.75) is 37.8 Å². The van der Waals surface area contributed by atoms with Gasteiger partial charge in [0, 0.05) is 35.3 Å². The quantitative estimate of drug-likeness (QED) is 0.169. The van der Waals surface area contributed by atoms with Gasteiger partial charge in [0.05, 0.1) is 11.3 Å². The Morgan fingerprint density at radius 2 is 1.97 bits per heavy atom. The van der Waals surface area contributed by atoms with E-state index in [0.29, 0.717) is 17.9 Å². The Balaban J connectivity index is 1.55. The number of rotatable bonds is 10. The second kappa shape index (κ2) is 10.3. The summed E-state index contributed by atoms with van der Waals surface area (Å²) in [5.41, 5.74) is 4.33. The number of carbonyl (C=O) groups excluding carboxylic acids is 2. The van der Waals surface area contributed by atoms with E-state index in [4.69, 9.17) is 10.6 Å². The number of β-lactam (4-membered cyclic amide) rings is 1. The summed E-state index contributed by atoms with van der Waals surface area (Å²) < 4.78 is 1.82. The number of carboxylic acid groups (broad SMARTS) is 2. The standard InChI is InChI=1S/C23H23N5O7S2/c1-23(2,21(33)34)35-26-16(14-11-37-22(24)25-14)15(29)8-13-18(30)28-17(20(31)32)12(10-36-19(13)28)9-27-6-4-3-5-7-27/h3-7,11,13,19H,8-10H2,1-2H3,(H3-,24,25,31,32,33,34)/p+1/t13-,19-/m1/s1. The van der Waals surface area contributed by atoms with Crippen LogP contribution in [-0.2, 0) is 30.6 Å². The molecule has 2 aliphatic heterocycles. The number of nitrogens with two attached hydrogens (primary N) is 1. The summed E-state index contributed by atoms with van der Waals surface area (Å²) in [5.74, 6) is -3.99. The highest BCUT2D eigenvalue weighted by atomic mass is 32.2. The number of thiazole rings is 1. The van der Waals surface area contributed by atoms with Crippen LogP contribution in [0.25, 0.3) is 0 Å². The molecule has 1 amide bonds. The van der Waals surface area contributed by atoms with Gasteiger partial charge in [-0.1, -0.05) is 11.2 Å². The summed E-state index contributed by atoms with van der Waals surface area (Å²) in [6, 6.07) is 5.50. The zero-order chi connectivity index (χ0) is 26.9. The first-order chi connectivity index (χ1) is 17.5. The van der Waals surface area contributed by atoms with Gasteiger partial charge >= 0.3 is 11.9 Å². The number of oxime groups is 1. The van der Waals surface area contributed by atoms with Crippen LogP contribution in [0.15, 0.2) is 52.4 Å². The summed E-state index contributed by atoms with van der Waals surface area (Å²) in [6.07, 6.45) is 3.33. The van der Waals surface area contributed by atoms with Crippen LogP contribution in [-0.4, -0.2) is 66.2 Å². The van der Waals surface area contributed by atoms with Gasteiger partial charge in [-0.3, -0.25) is 14.5 Å². The molecule has 0 unspecified atom stereocenters. The summed E-state index contributed by atoms with van der Waals surface area (Å²) in [5, 5.41) is 24.1. The SMILES string of the molecule is CC(C)(ON=C(C(=O)C[C@@H]1C(=O)N2C(C(=O)O)=C(C[n+]3ccccc3)CS[C@H]12)c1csc(N)n1)C(=O)O. The number of fused-ring (bicyclic) bond motifs is 1. The van der Waals surface area contributed by atoms with Crippen molar-refractivity contribution in [2.75, 3.05) is 11.5 Å². The van der Waals surface area contributed by atoms with Crippen LogP contribution in [0.5, 0.6) is 0 Å². The predicted molar refractivity (Wildman–Crippen MR) is 133 cm³/mol. The fourth-order valence-electron chi connectivity index (χ4n) is 3.83. The van der Waals surface area contributed by atoms with Crippen LogP contribution < -0.4 is 10.3 Å². The van der Waals surface area contributed by atoms with Gasteiger partial charge in [-0.25, -0.2) is 19.1 Å². The van der Waals surface area contributed by atoms with E-state index in [-0.39, 0.29) is 28.7 Å². The molecule has 14 heteroatoms. The minimum absolute atomic E-state index is 0.0680. The fraction of sp³-hybridized carbons (Fsp3) is 0.348. The highest BCUT2D eigenvalue weighted by Gasteiger charge is 2.54. The first kappa shape index (κ1) is 26.3. The Morgan fingerprint density at radius 3 is 2.57 bits per heavy atom. The van der Waals surface area contributed by atoms with E-state index in [9.17, 15) is 29.4 Å². The number of thioether (sulfide) groups is 1. The molecule has 0 bridgehead atoms. The van der Waals surface area contributed by atoms with E-state index in [0.717, 1.165) is 11.3 Å². The number of ketones is 1. The molecule has 1 fully saturated rings. The van der Waals surface area contributed by atoms with Gasteiger partial charge in [0.2, 0.25) is 11.5 Å². The zero-order valence-electron chi connectivity index (χ0n) is 19.9. The topological polar surface area (TPSA) is 176 Å². The number of pyridine rings is 1. The normalized spacial score (nSPS) is 19.8.